The van der Waals surface area contributed by atoms with E-state index in [0.29, 0.717) is 16.9 Å². The number of halogens is 3. The van der Waals surface area contributed by atoms with Crippen LogP contribution in [0, 0.1) is 0 Å². The Bertz CT molecular complexity index is 898. The molecule has 0 unspecified atom stereocenters. The smallest absolute Gasteiger partial charge is 0.334 e. The van der Waals surface area contributed by atoms with E-state index >= 15 is 0 Å². The highest BCUT2D eigenvalue weighted by atomic mass is 32.2. The summed E-state index contributed by atoms with van der Waals surface area (Å²) in [4.78, 5) is 11.9. The van der Waals surface area contributed by atoms with Crippen molar-refractivity contribution >= 4 is 27.4 Å². The number of urea groups is 1. The van der Waals surface area contributed by atoms with Crippen molar-refractivity contribution in [3.8, 4) is 0 Å². The highest BCUT2D eigenvalue weighted by Crippen LogP contribution is 2.29. The number of carbonyl (C=O) groups excluding carboxylic acids is 1. The van der Waals surface area contributed by atoms with Gasteiger partial charge in [0.05, 0.1) is 11.3 Å². The van der Waals surface area contributed by atoms with Gasteiger partial charge in [0.2, 0.25) is 10.0 Å². The van der Waals surface area contributed by atoms with Crippen LogP contribution in [0.3, 0.4) is 0 Å². The average molecular weight is 401 g/mol. The molecule has 0 saturated carbocycles. The highest BCUT2D eigenvalue weighted by molar-refractivity contribution is 7.92. The van der Waals surface area contributed by atoms with Gasteiger partial charge in [-0.15, -0.1) is 0 Å². The zero-order valence-corrected chi connectivity index (χ0v) is 15.1. The van der Waals surface area contributed by atoms with E-state index in [1.165, 1.54) is 43.3 Å². The van der Waals surface area contributed by atoms with Gasteiger partial charge in [-0.25, -0.2) is 13.2 Å². The number of anilines is 2. The van der Waals surface area contributed by atoms with E-state index in [-0.39, 0.29) is 12.3 Å². The number of carbonyl (C=O) groups is 1. The quantitative estimate of drug-likeness (QED) is 0.688. The van der Waals surface area contributed by atoms with Crippen molar-refractivity contribution in [2.24, 2.45) is 0 Å². The van der Waals surface area contributed by atoms with Gasteiger partial charge in [0.1, 0.15) is 0 Å². The molecule has 0 radical (unpaired) electrons. The van der Waals surface area contributed by atoms with E-state index < -0.39 is 27.8 Å². The van der Waals surface area contributed by atoms with Crippen LogP contribution >= 0.6 is 0 Å². The van der Waals surface area contributed by atoms with Gasteiger partial charge in [-0.1, -0.05) is 12.1 Å². The SMILES string of the molecule is CCS(=O)(=O)Nc1ccc(NC(=O)NCc2cccc(C(F)(F)F)c2)cc1. The maximum Gasteiger partial charge on any atom is 0.416 e. The Morgan fingerprint density at radius 1 is 1.04 bits per heavy atom. The van der Waals surface area contributed by atoms with Crippen LogP contribution in [0.1, 0.15) is 18.1 Å². The minimum atomic E-state index is -4.45. The first-order chi connectivity index (χ1) is 12.6. The van der Waals surface area contributed by atoms with Gasteiger partial charge >= 0.3 is 12.2 Å². The van der Waals surface area contributed by atoms with Crippen LogP contribution in [-0.2, 0) is 22.7 Å². The van der Waals surface area contributed by atoms with Crippen molar-refractivity contribution in [3.63, 3.8) is 0 Å². The first kappa shape index (κ1) is 20.6. The Labute approximate surface area is 154 Å². The van der Waals surface area contributed by atoms with E-state index in [1.54, 1.807) is 0 Å². The summed E-state index contributed by atoms with van der Waals surface area (Å²) in [6.45, 7) is 1.43. The van der Waals surface area contributed by atoms with Gasteiger partial charge in [0.25, 0.3) is 0 Å². The summed E-state index contributed by atoms with van der Waals surface area (Å²) >= 11 is 0. The molecule has 2 rings (SSSR count). The van der Waals surface area contributed by atoms with Crippen LogP contribution in [-0.4, -0.2) is 20.2 Å². The number of amides is 2. The molecule has 2 aromatic rings. The summed E-state index contributed by atoms with van der Waals surface area (Å²) in [5.74, 6) is -0.0645. The van der Waals surface area contributed by atoms with Gasteiger partial charge in [-0.05, 0) is 48.9 Å². The number of benzene rings is 2. The van der Waals surface area contributed by atoms with Gasteiger partial charge in [-0.3, -0.25) is 4.72 Å². The number of rotatable bonds is 6. The molecule has 2 aromatic carbocycles. The van der Waals surface area contributed by atoms with Gasteiger partial charge in [0, 0.05) is 17.9 Å². The fourth-order valence-electron chi connectivity index (χ4n) is 2.09. The first-order valence-electron chi connectivity index (χ1n) is 7.90. The third kappa shape index (κ3) is 6.48. The second-order valence-electron chi connectivity index (χ2n) is 5.59. The summed E-state index contributed by atoms with van der Waals surface area (Å²) in [6, 6.07) is 10.0. The molecule has 0 aliphatic heterocycles. The molecule has 0 aliphatic carbocycles. The maximum atomic E-state index is 12.7. The normalized spacial score (nSPS) is 11.7. The summed E-state index contributed by atoms with van der Waals surface area (Å²) in [5.41, 5.74) is 0.277. The maximum absolute atomic E-state index is 12.7. The lowest BCUT2D eigenvalue weighted by Crippen LogP contribution is -2.28. The van der Waals surface area contributed by atoms with E-state index in [0.717, 1.165) is 12.1 Å². The van der Waals surface area contributed by atoms with Crippen LogP contribution in [0.5, 0.6) is 0 Å². The number of sulfonamides is 1. The molecule has 3 N–H and O–H groups in total. The Morgan fingerprint density at radius 2 is 1.67 bits per heavy atom. The predicted molar refractivity (Wildman–Crippen MR) is 96.8 cm³/mol. The fourth-order valence-corrected chi connectivity index (χ4v) is 2.73. The molecule has 0 saturated heterocycles. The molecule has 0 atom stereocenters. The summed E-state index contributed by atoms with van der Waals surface area (Å²) in [6.07, 6.45) is -4.45. The number of alkyl halides is 3. The lowest BCUT2D eigenvalue weighted by atomic mass is 10.1. The topological polar surface area (TPSA) is 87.3 Å². The third-order valence-electron chi connectivity index (χ3n) is 3.50. The molecule has 0 aromatic heterocycles. The Morgan fingerprint density at radius 3 is 2.26 bits per heavy atom. The average Bonchev–Trinajstić information content (AvgIpc) is 2.61. The number of nitrogens with one attached hydrogen (secondary N) is 3. The Balaban J connectivity index is 1.91. The van der Waals surface area contributed by atoms with Crippen molar-refractivity contribution in [1.29, 1.82) is 0 Å². The van der Waals surface area contributed by atoms with Crippen molar-refractivity contribution in [1.82, 2.24) is 5.32 Å². The van der Waals surface area contributed by atoms with E-state index in [1.807, 2.05) is 0 Å². The molecule has 0 aliphatic rings. The predicted octanol–water partition coefficient (Wildman–Crippen LogP) is 3.79. The van der Waals surface area contributed by atoms with Crippen molar-refractivity contribution in [2.75, 3.05) is 15.8 Å². The van der Waals surface area contributed by atoms with Crippen LogP contribution in [0.4, 0.5) is 29.3 Å². The minimum Gasteiger partial charge on any atom is -0.334 e. The summed E-state index contributed by atoms with van der Waals surface area (Å²) in [5, 5.41) is 4.97. The Hall–Kier alpha value is -2.75. The third-order valence-corrected chi connectivity index (χ3v) is 4.81. The highest BCUT2D eigenvalue weighted by Gasteiger charge is 2.30. The largest absolute Gasteiger partial charge is 0.416 e. The number of hydrogen-bond donors (Lipinski definition) is 3. The second kappa shape index (κ2) is 8.30. The molecule has 10 heteroatoms. The zero-order valence-electron chi connectivity index (χ0n) is 14.3. The molecular weight excluding hydrogens is 383 g/mol. The molecule has 0 heterocycles. The lowest BCUT2D eigenvalue weighted by molar-refractivity contribution is -0.137. The van der Waals surface area contributed by atoms with Gasteiger partial charge in [-0.2, -0.15) is 13.2 Å². The van der Waals surface area contributed by atoms with Crippen molar-refractivity contribution < 1.29 is 26.4 Å². The summed E-state index contributed by atoms with van der Waals surface area (Å²) < 4.78 is 63.3. The Kier molecular flexibility index (Phi) is 6.32. The number of hydrogen-bond acceptors (Lipinski definition) is 3. The fraction of sp³-hybridized carbons (Fsp3) is 0.235. The van der Waals surface area contributed by atoms with Crippen molar-refractivity contribution in [2.45, 2.75) is 19.6 Å². The van der Waals surface area contributed by atoms with Crippen molar-refractivity contribution in [3.05, 3.63) is 59.7 Å². The van der Waals surface area contributed by atoms with Crippen LogP contribution in [0.15, 0.2) is 48.5 Å². The standard InChI is InChI=1S/C17H18F3N3O3S/c1-2-27(25,26)23-15-8-6-14(7-9-15)22-16(24)21-11-12-4-3-5-13(10-12)17(18,19)20/h3-10,23H,2,11H2,1H3,(H2,21,22,24). The molecule has 27 heavy (non-hydrogen) atoms. The second-order valence-corrected chi connectivity index (χ2v) is 7.60. The molecular formula is C17H18F3N3O3S. The molecule has 146 valence electrons. The van der Waals surface area contributed by atoms with Crippen LogP contribution < -0.4 is 15.4 Å². The zero-order chi connectivity index (χ0) is 20.1. The van der Waals surface area contributed by atoms with Gasteiger partial charge < -0.3 is 10.6 Å². The van der Waals surface area contributed by atoms with E-state index in [2.05, 4.69) is 15.4 Å². The first-order valence-corrected chi connectivity index (χ1v) is 9.56. The molecule has 6 nitrogen and oxygen atoms in total. The van der Waals surface area contributed by atoms with E-state index in [9.17, 15) is 26.4 Å². The van der Waals surface area contributed by atoms with Crippen LogP contribution in [0.2, 0.25) is 0 Å². The molecule has 2 amide bonds. The van der Waals surface area contributed by atoms with Gasteiger partial charge in [0.15, 0.2) is 0 Å². The van der Waals surface area contributed by atoms with E-state index in [4.69, 9.17) is 0 Å². The molecule has 0 bridgehead atoms. The molecule has 0 fully saturated rings. The minimum absolute atomic E-state index is 0.0645. The summed E-state index contributed by atoms with van der Waals surface area (Å²) in [7, 11) is -3.39. The van der Waals surface area contributed by atoms with Crippen LogP contribution in [0.25, 0.3) is 0 Å². The molecule has 0 spiro atoms. The lowest BCUT2D eigenvalue weighted by Gasteiger charge is -2.11. The monoisotopic (exact) mass is 401 g/mol.